The molecule has 0 saturated carbocycles. The summed E-state index contributed by atoms with van der Waals surface area (Å²) >= 11 is 0. The topological polar surface area (TPSA) is 53.6 Å². The third kappa shape index (κ3) is 4.41. The van der Waals surface area contributed by atoms with E-state index in [0.717, 1.165) is 24.1 Å². The van der Waals surface area contributed by atoms with Crippen molar-refractivity contribution in [1.29, 1.82) is 0 Å². The first-order valence-electron chi connectivity index (χ1n) is 9.14. The van der Waals surface area contributed by atoms with Crippen LogP contribution in [-0.2, 0) is 12.8 Å². The summed E-state index contributed by atoms with van der Waals surface area (Å²) < 4.78 is 13.5. The van der Waals surface area contributed by atoms with Crippen molar-refractivity contribution in [2.75, 3.05) is 26.0 Å². The van der Waals surface area contributed by atoms with Gasteiger partial charge in [-0.25, -0.2) is 4.39 Å². The summed E-state index contributed by atoms with van der Waals surface area (Å²) in [7, 11) is 3.92. The Hall–Kier alpha value is -2.40. The van der Waals surface area contributed by atoms with Crippen LogP contribution < -0.4 is 11.1 Å². The first-order valence-corrected chi connectivity index (χ1v) is 9.14. The molecule has 0 heterocycles. The summed E-state index contributed by atoms with van der Waals surface area (Å²) in [6.07, 6.45) is 4.67. The second-order valence-corrected chi connectivity index (χ2v) is 7.04. The standard InChI is InChI=1S/C21H27FN4/c1-26(2)20(16-9-5-10-17(22)13-16)14-24-21(23)25-19-12-6-8-15-7-3-4-11-18(15)19/h5-6,8-10,12-13,20H,3-4,7,11,14H2,1-2H3,(H3,23,24,25). The third-order valence-electron chi connectivity index (χ3n) is 4.95. The van der Waals surface area contributed by atoms with E-state index in [9.17, 15) is 4.39 Å². The predicted molar refractivity (Wildman–Crippen MR) is 106 cm³/mol. The van der Waals surface area contributed by atoms with Crippen LogP contribution in [0.2, 0.25) is 0 Å². The summed E-state index contributed by atoms with van der Waals surface area (Å²) in [5.74, 6) is 0.160. The Morgan fingerprint density at radius 1 is 1.19 bits per heavy atom. The first kappa shape index (κ1) is 18.4. The molecule has 1 aliphatic carbocycles. The number of halogens is 1. The Morgan fingerprint density at radius 3 is 2.73 bits per heavy atom. The van der Waals surface area contributed by atoms with Gasteiger partial charge in [0, 0.05) is 5.69 Å². The van der Waals surface area contributed by atoms with Gasteiger partial charge in [-0.1, -0.05) is 24.3 Å². The number of likely N-dealkylation sites (N-methyl/N-ethyl adjacent to an activating group) is 1. The normalized spacial score (nSPS) is 15.6. The number of guanidine groups is 1. The quantitative estimate of drug-likeness (QED) is 0.635. The van der Waals surface area contributed by atoms with Crippen LogP contribution >= 0.6 is 0 Å². The van der Waals surface area contributed by atoms with Crippen LogP contribution in [0.4, 0.5) is 10.1 Å². The van der Waals surface area contributed by atoms with E-state index < -0.39 is 0 Å². The number of rotatable bonds is 5. The van der Waals surface area contributed by atoms with E-state index in [2.05, 4.69) is 28.5 Å². The summed E-state index contributed by atoms with van der Waals surface area (Å²) in [5.41, 5.74) is 10.8. The molecular weight excluding hydrogens is 327 g/mol. The number of hydrogen-bond donors (Lipinski definition) is 2. The van der Waals surface area contributed by atoms with Gasteiger partial charge in [0.05, 0.1) is 12.6 Å². The molecule has 1 atom stereocenters. The zero-order valence-corrected chi connectivity index (χ0v) is 15.5. The van der Waals surface area contributed by atoms with Crippen molar-refractivity contribution in [2.45, 2.75) is 31.7 Å². The number of anilines is 1. The number of aryl methyl sites for hydroxylation is 1. The smallest absolute Gasteiger partial charge is 0.193 e. The van der Waals surface area contributed by atoms with Crippen molar-refractivity contribution in [2.24, 2.45) is 10.7 Å². The second-order valence-electron chi connectivity index (χ2n) is 7.04. The van der Waals surface area contributed by atoms with Gasteiger partial charge in [0.1, 0.15) is 5.82 Å². The molecule has 0 radical (unpaired) electrons. The Morgan fingerprint density at radius 2 is 1.96 bits per heavy atom. The molecule has 0 bridgehead atoms. The molecule has 3 rings (SSSR count). The first-order chi connectivity index (χ1) is 12.5. The Bertz CT molecular complexity index is 785. The number of fused-ring (bicyclic) bond motifs is 1. The molecule has 4 nitrogen and oxygen atoms in total. The highest BCUT2D eigenvalue weighted by atomic mass is 19.1. The van der Waals surface area contributed by atoms with Crippen LogP contribution in [0.15, 0.2) is 47.5 Å². The van der Waals surface area contributed by atoms with Gasteiger partial charge in [-0.05, 0) is 74.7 Å². The Labute approximate surface area is 154 Å². The minimum absolute atomic E-state index is 0.0317. The zero-order chi connectivity index (χ0) is 18.5. The molecule has 0 amide bonds. The molecular formula is C21H27FN4. The second kappa shape index (κ2) is 8.32. The fourth-order valence-corrected chi connectivity index (χ4v) is 3.54. The highest BCUT2D eigenvalue weighted by Gasteiger charge is 2.16. The van der Waals surface area contributed by atoms with Crippen LogP contribution in [0.5, 0.6) is 0 Å². The fraction of sp³-hybridized carbons (Fsp3) is 0.381. The maximum atomic E-state index is 13.5. The van der Waals surface area contributed by atoms with Crippen molar-refractivity contribution in [3.8, 4) is 0 Å². The lowest BCUT2D eigenvalue weighted by Crippen LogP contribution is -2.28. The summed E-state index contributed by atoms with van der Waals surface area (Å²) in [5, 5.41) is 3.26. The van der Waals surface area contributed by atoms with E-state index in [0.29, 0.717) is 12.5 Å². The highest BCUT2D eigenvalue weighted by molar-refractivity contribution is 5.93. The van der Waals surface area contributed by atoms with Gasteiger partial charge in [-0.3, -0.25) is 4.99 Å². The lowest BCUT2D eigenvalue weighted by Gasteiger charge is -2.23. The van der Waals surface area contributed by atoms with Gasteiger partial charge in [0.15, 0.2) is 5.96 Å². The van der Waals surface area contributed by atoms with E-state index in [1.165, 1.54) is 30.0 Å². The largest absolute Gasteiger partial charge is 0.370 e. The van der Waals surface area contributed by atoms with E-state index >= 15 is 0 Å². The van der Waals surface area contributed by atoms with Crippen molar-refractivity contribution in [3.63, 3.8) is 0 Å². The molecule has 26 heavy (non-hydrogen) atoms. The summed E-state index contributed by atoms with van der Waals surface area (Å²) in [4.78, 5) is 6.54. The van der Waals surface area contributed by atoms with E-state index in [4.69, 9.17) is 5.73 Å². The number of nitrogens with two attached hydrogens (primary N) is 1. The van der Waals surface area contributed by atoms with Crippen molar-refractivity contribution >= 4 is 11.6 Å². The number of hydrogen-bond acceptors (Lipinski definition) is 2. The van der Waals surface area contributed by atoms with Gasteiger partial charge in [0.25, 0.3) is 0 Å². The predicted octanol–water partition coefficient (Wildman–Crippen LogP) is 3.73. The van der Waals surface area contributed by atoms with E-state index in [1.54, 1.807) is 12.1 Å². The van der Waals surface area contributed by atoms with Crippen molar-refractivity contribution in [3.05, 3.63) is 65.0 Å². The molecule has 5 heteroatoms. The molecule has 0 fully saturated rings. The molecule has 0 spiro atoms. The zero-order valence-electron chi connectivity index (χ0n) is 15.5. The molecule has 0 saturated heterocycles. The fourth-order valence-electron chi connectivity index (χ4n) is 3.54. The van der Waals surface area contributed by atoms with Gasteiger partial charge < -0.3 is 16.0 Å². The SMILES string of the molecule is CN(C)C(CN=C(N)Nc1cccc2c1CCCC2)c1cccc(F)c1. The minimum Gasteiger partial charge on any atom is -0.370 e. The molecule has 138 valence electrons. The van der Waals surface area contributed by atoms with Gasteiger partial charge >= 0.3 is 0 Å². The molecule has 1 aliphatic rings. The third-order valence-corrected chi connectivity index (χ3v) is 4.95. The van der Waals surface area contributed by atoms with Crippen LogP contribution in [-0.4, -0.2) is 31.5 Å². The number of aliphatic imine (C=N–C) groups is 1. The maximum Gasteiger partial charge on any atom is 0.193 e. The van der Waals surface area contributed by atoms with Crippen molar-refractivity contribution in [1.82, 2.24) is 4.90 Å². The van der Waals surface area contributed by atoms with Gasteiger partial charge in [0.2, 0.25) is 0 Å². The monoisotopic (exact) mass is 354 g/mol. The van der Waals surface area contributed by atoms with Crippen LogP contribution in [0, 0.1) is 5.82 Å². The molecule has 1 unspecified atom stereocenters. The van der Waals surface area contributed by atoms with Crippen LogP contribution in [0.3, 0.4) is 0 Å². The molecule has 0 aliphatic heterocycles. The van der Waals surface area contributed by atoms with Crippen molar-refractivity contribution < 1.29 is 4.39 Å². The van der Waals surface area contributed by atoms with Gasteiger partial charge in [-0.2, -0.15) is 0 Å². The lowest BCUT2D eigenvalue weighted by atomic mass is 9.90. The summed E-state index contributed by atoms with van der Waals surface area (Å²) in [6.45, 7) is 0.463. The Balaban J connectivity index is 1.73. The molecule has 3 N–H and O–H groups in total. The molecule has 2 aromatic rings. The van der Waals surface area contributed by atoms with Crippen LogP contribution in [0.1, 0.15) is 35.6 Å². The maximum absolute atomic E-state index is 13.5. The summed E-state index contributed by atoms with van der Waals surface area (Å²) in [6, 6.07) is 12.9. The van der Waals surface area contributed by atoms with E-state index in [1.807, 2.05) is 25.1 Å². The van der Waals surface area contributed by atoms with E-state index in [-0.39, 0.29) is 11.9 Å². The van der Waals surface area contributed by atoms with Crippen LogP contribution in [0.25, 0.3) is 0 Å². The van der Waals surface area contributed by atoms with Gasteiger partial charge in [-0.15, -0.1) is 0 Å². The Kier molecular flexibility index (Phi) is 5.89. The number of nitrogens with zero attached hydrogens (tertiary/aromatic N) is 2. The average Bonchev–Trinajstić information content (AvgIpc) is 2.62. The molecule has 2 aromatic carbocycles. The molecule has 0 aromatic heterocycles. The number of nitrogens with one attached hydrogen (secondary N) is 1. The lowest BCUT2D eigenvalue weighted by molar-refractivity contribution is 0.306. The number of benzene rings is 2. The minimum atomic E-state index is -0.236. The average molecular weight is 354 g/mol. The highest BCUT2D eigenvalue weighted by Crippen LogP contribution is 2.27.